The van der Waals surface area contributed by atoms with Crippen LogP contribution in [0.25, 0.3) is 5.57 Å². The van der Waals surface area contributed by atoms with Crippen LogP contribution in [0.3, 0.4) is 0 Å². The summed E-state index contributed by atoms with van der Waals surface area (Å²) in [5, 5.41) is 0. The Morgan fingerprint density at radius 2 is 1.50 bits per heavy atom. The van der Waals surface area contributed by atoms with E-state index in [9.17, 15) is 28.8 Å². The lowest BCUT2D eigenvalue weighted by molar-refractivity contribution is -0.185. The number of ether oxygens (including phenoxy) is 5. The maximum absolute atomic E-state index is 13.5. The normalized spacial score (nSPS) is 19.0. The van der Waals surface area contributed by atoms with Gasteiger partial charge in [-0.15, -0.1) is 0 Å². The van der Waals surface area contributed by atoms with E-state index in [1.54, 1.807) is 6.92 Å². The van der Waals surface area contributed by atoms with Crippen LogP contribution in [0.5, 0.6) is 5.88 Å². The lowest BCUT2D eigenvalue weighted by Gasteiger charge is -2.38. The average molecular weight is 587 g/mol. The molecule has 1 aromatic carbocycles. The smallest absolute Gasteiger partial charge is 0.333 e. The third-order valence-electron chi connectivity index (χ3n) is 6.59. The van der Waals surface area contributed by atoms with Crippen molar-refractivity contribution in [3.63, 3.8) is 0 Å². The summed E-state index contributed by atoms with van der Waals surface area (Å²) >= 11 is 0. The molecule has 1 unspecified atom stereocenters. The molecule has 0 saturated heterocycles. The van der Waals surface area contributed by atoms with Gasteiger partial charge in [0.1, 0.15) is 17.8 Å². The molecule has 2 heterocycles. The molecule has 42 heavy (non-hydrogen) atoms. The predicted molar refractivity (Wildman–Crippen MR) is 147 cm³/mol. The van der Waals surface area contributed by atoms with Crippen molar-refractivity contribution < 1.29 is 42.9 Å². The first-order valence-electron chi connectivity index (χ1n) is 13.0. The Bertz CT molecular complexity index is 1520. The van der Waals surface area contributed by atoms with Gasteiger partial charge < -0.3 is 23.7 Å². The summed E-state index contributed by atoms with van der Waals surface area (Å²) in [6.07, 6.45) is -2.86. The van der Waals surface area contributed by atoms with E-state index in [0.717, 1.165) is 37.8 Å². The zero-order valence-corrected chi connectivity index (χ0v) is 24.5. The highest BCUT2D eigenvalue weighted by Crippen LogP contribution is 2.43. The van der Waals surface area contributed by atoms with E-state index in [4.69, 9.17) is 23.7 Å². The summed E-state index contributed by atoms with van der Waals surface area (Å²) in [7, 11) is 2.77. The third-order valence-corrected chi connectivity index (χ3v) is 6.59. The van der Waals surface area contributed by atoms with Gasteiger partial charge in [0.05, 0.1) is 0 Å². The maximum Gasteiger partial charge on any atom is 0.333 e. The van der Waals surface area contributed by atoms with E-state index in [2.05, 4.69) is 0 Å². The maximum atomic E-state index is 13.5. The van der Waals surface area contributed by atoms with Crippen molar-refractivity contribution in [2.75, 3.05) is 6.61 Å². The molecule has 226 valence electrons. The molecule has 0 N–H and O–H groups in total. The molecule has 0 amide bonds. The van der Waals surface area contributed by atoms with Gasteiger partial charge in [0.2, 0.25) is 5.88 Å². The summed E-state index contributed by atoms with van der Waals surface area (Å²) in [6, 6.07) is 9.09. The molecule has 13 nitrogen and oxygen atoms in total. The van der Waals surface area contributed by atoms with Gasteiger partial charge in [0.15, 0.2) is 18.3 Å². The summed E-state index contributed by atoms with van der Waals surface area (Å²) in [5.74, 6) is -3.09. The molecular weight excluding hydrogens is 552 g/mol. The van der Waals surface area contributed by atoms with Crippen molar-refractivity contribution in [3.05, 3.63) is 68.4 Å². The van der Waals surface area contributed by atoms with Gasteiger partial charge >= 0.3 is 29.6 Å². The number of fused-ring (bicyclic) bond motifs is 1. The van der Waals surface area contributed by atoms with Crippen LogP contribution in [-0.2, 0) is 57.8 Å². The number of hydrogen-bond donors (Lipinski definition) is 0. The standard InChI is InChI=1S/C29H34N2O11/c1-16(32)38-15-23(40-18(3)34)25(41-19(4)35)22(39-17(2)33)13-20-14-29(5,21-11-9-8-10-12-21)42-27-24(20)26(36)30(6)28(37)31(27)7/h8-13,22-23,25H,14-15H2,1-7H3/b20-13+/t22-,23-,25-,29?/m0/s1. The van der Waals surface area contributed by atoms with E-state index in [1.807, 2.05) is 30.3 Å². The van der Waals surface area contributed by atoms with Crippen LogP contribution in [0.15, 0.2) is 46.0 Å². The van der Waals surface area contributed by atoms with Crippen molar-refractivity contribution in [2.24, 2.45) is 14.1 Å². The van der Waals surface area contributed by atoms with E-state index in [0.29, 0.717) is 5.57 Å². The minimum Gasteiger partial charge on any atom is -0.467 e. The minimum atomic E-state index is -1.49. The fourth-order valence-corrected chi connectivity index (χ4v) is 4.76. The SMILES string of the molecule is CC(=O)OC[C@H](OC(C)=O)[C@@H](OC(C)=O)[C@H](/C=C1\CC(C)(c2ccccc2)Oc2c1c(=O)n(C)c(=O)n2C)OC(C)=O. The van der Waals surface area contributed by atoms with Crippen LogP contribution in [0.4, 0.5) is 0 Å². The van der Waals surface area contributed by atoms with Crippen LogP contribution in [0.1, 0.15) is 52.2 Å². The molecule has 1 aromatic heterocycles. The molecule has 0 radical (unpaired) electrons. The second-order valence-corrected chi connectivity index (χ2v) is 10.1. The van der Waals surface area contributed by atoms with Crippen molar-refractivity contribution in [2.45, 2.75) is 65.0 Å². The number of carbonyl (C=O) groups excluding carboxylic acids is 4. The number of esters is 4. The number of hydrogen-bond acceptors (Lipinski definition) is 11. The molecule has 0 spiro atoms. The van der Waals surface area contributed by atoms with Gasteiger partial charge in [-0.3, -0.25) is 33.1 Å². The Balaban J connectivity index is 2.31. The first-order chi connectivity index (χ1) is 19.6. The zero-order valence-electron chi connectivity index (χ0n) is 24.5. The number of carbonyl (C=O) groups is 4. The number of rotatable bonds is 9. The Morgan fingerprint density at radius 3 is 2.05 bits per heavy atom. The van der Waals surface area contributed by atoms with Crippen LogP contribution in [-0.4, -0.2) is 57.9 Å². The van der Waals surface area contributed by atoms with Gasteiger partial charge in [0.25, 0.3) is 5.56 Å². The van der Waals surface area contributed by atoms with Crippen LogP contribution < -0.4 is 16.0 Å². The Hall–Kier alpha value is -4.68. The van der Waals surface area contributed by atoms with Crippen molar-refractivity contribution in [1.82, 2.24) is 9.13 Å². The van der Waals surface area contributed by atoms with Crippen molar-refractivity contribution in [1.29, 1.82) is 0 Å². The van der Waals surface area contributed by atoms with Gasteiger partial charge in [-0.25, -0.2) is 4.79 Å². The molecule has 0 fully saturated rings. The molecule has 13 heteroatoms. The molecular formula is C29H34N2O11. The Labute approximate surface area is 241 Å². The largest absolute Gasteiger partial charge is 0.467 e. The monoisotopic (exact) mass is 586 g/mol. The van der Waals surface area contributed by atoms with Gasteiger partial charge in [0, 0.05) is 48.2 Å². The summed E-state index contributed by atoms with van der Waals surface area (Å²) in [5.41, 5.74) is -1.34. The Morgan fingerprint density at radius 1 is 0.905 bits per heavy atom. The predicted octanol–water partition coefficient (Wildman–Crippen LogP) is 1.52. The van der Waals surface area contributed by atoms with Gasteiger partial charge in [-0.1, -0.05) is 30.3 Å². The first-order valence-corrected chi connectivity index (χ1v) is 13.0. The molecule has 3 rings (SSSR count). The quantitative estimate of drug-likeness (QED) is 0.310. The molecule has 0 saturated carbocycles. The minimum absolute atomic E-state index is 0.0194. The summed E-state index contributed by atoms with van der Waals surface area (Å²) in [6.45, 7) is 5.72. The summed E-state index contributed by atoms with van der Waals surface area (Å²) in [4.78, 5) is 74.3. The van der Waals surface area contributed by atoms with Crippen molar-refractivity contribution in [3.8, 4) is 5.88 Å². The number of benzene rings is 1. The van der Waals surface area contributed by atoms with E-state index < -0.39 is 65.6 Å². The highest BCUT2D eigenvalue weighted by molar-refractivity contribution is 5.74. The highest BCUT2D eigenvalue weighted by atomic mass is 16.6. The second kappa shape index (κ2) is 12.9. The highest BCUT2D eigenvalue weighted by Gasteiger charge is 2.42. The summed E-state index contributed by atoms with van der Waals surface area (Å²) < 4.78 is 29.8. The first kappa shape index (κ1) is 31.8. The molecule has 1 aliphatic rings. The fraction of sp³-hybridized carbons (Fsp3) is 0.448. The molecule has 0 aliphatic carbocycles. The topological polar surface area (TPSA) is 158 Å². The lowest BCUT2D eigenvalue weighted by atomic mass is 9.83. The van der Waals surface area contributed by atoms with Gasteiger partial charge in [-0.05, 0) is 24.1 Å². The van der Waals surface area contributed by atoms with E-state index in [1.165, 1.54) is 24.7 Å². The molecule has 0 bridgehead atoms. The average Bonchev–Trinajstić information content (AvgIpc) is 2.91. The van der Waals surface area contributed by atoms with E-state index in [-0.39, 0.29) is 17.9 Å². The lowest BCUT2D eigenvalue weighted by Crippen LogP contribution is -2.47. The van der Waals surface area contributed by atoms with E-state index >= 15 is 0 Å². The zero-order chi connectivity index (χ0) is 31.4. The molecule has 2 aromatic rings. The number of nitrogens with zero attached hydrogens (tertiary/aromatic N) is 2. The number of aromatic nitrogens is 2. The molecule has 4 atom stereocenters. The third kappa shape index (κ3) is 7.14. The van der Waals surface area contributed by atoms with Crippen LogP contribution >= 0.6 is 0 Å². The van der Waals surface area contributed by atoms with Gasteiger partial charge in [-0.2, -0.15) is 0 Å². The second-order valence-electron chi connectivity index (χ2n) is 10.1. The molecule has 1 aliphatic heterocycles. The Kier molecular flexibility index (Phi) is 9.76. The fourth-order valence-electron chi connectivity index (χ4n) is 4.76. The van der Waals surface area contributed by atoms with Crippen LogP contribution in [0.2, 0.25) is 0 Å². The van der Waals surface area contributed by atoms with Crippen LogP contribution in [0, 0.1) is 0 Å². The van der Waals surface area contributed by atoms with Crippen molar-refractivity contribution >= 4 is 29.5 Å².